The molecular formula is C4H9O4P. The Bertz CT molecular complexity index is 157. The second kappa shape index (κ2) is 2.06. The average Bonchev–Trinajstić information content (AvgIpc) is 2.47. The van der Waals surface area contributed by atoms with Gasteiger partial charge in [0.2, 0.25) is 0 Å². The lowest BCUT2D eigenvalue weighted by Gasteiger charge is -2.02. The van der Waals surface area contributed by atoms with Crippen LogP contribution in [0.1, 0.15) is 6.92 Å². The van der Waals surface area contributed by atoms with Gasteiger partial charge in [-0.3, -0.25) is 4.57 Å². The predicted octanol–water partition coefficient (Wildman–Crippen LogP) is 0.563. The van der Waals surface area contributed by atoms with Crippen molar-refractivity contribution < 1.29 is 18.7 Å². The van der Waals surface area contributed by atoms with Gasteiger partial charge in [-0.15, -0.1) is 0 Å². The molecule has 5 heteroatoms. The third kappa shape index (κ3) is 1.33. The van der Waals surface area contributed by atoms with Crippen molar-refractivity contribution in [2.75, 3.05) is 7.11 Å². The molecular weight excluding hydrogens is 143 g/mol. The highest BCUT2D eigenvalue weighted by Gasteiger charge is 2.49. The summed E-state index contributed by atoms with van der Waals surface area (Å²) >= 11 is 0. The Labute approximate surface area is 53.3 Å². The first-order valence-corrected chi connectivity index (χ1v) is 4.26. The number of ether oxygens (including phenoxy) is 1. The molecule has 0 radical (unpaired) electrons. The summed E-state index contributed by atoms with van der Waals surface area (Å²) < 4.78 is 19.8. The molecule has 3 unspecified atom stereocenters. The first-order chi connectivity index (χ1) is 4.08. The van der Waals surface area contributed by atoms with Gasteiger partial charge < -0.3 is 14.2 Å². The monoisotopic (exact) mass is 152 g/mol. The van der Waals surface area contributed by atoms with Crippen molar-refractivity contribution in [3.05, 3.63) is 0 Å². The van der Waals surface area contributed by atoms with Crippen LogP contribution in [0.15, 0.2) is 0 Å². The Hall–Kier alpha value is 0.110. The van der Waals surface area contributed by atoms with Crippen LogP contribution in [0.25, 0.3) is 0 Å². The molecule has 0 bridgehead atoms. The van der Waals surface area contributed by atoms with Crippen LogP contribution in [-0.4, -0.2) is 24.0 Å². The molecule has 0 spiro atoms. The van der Waals surface area contributed by atoms with E-state index in [-0.39, 0.29) is 6.10 Å². The van der Waals surface area contributed by atoms with E-state index in [9.17, 15) is 4.57 Å². The van der Waals surface area contributed by atoms with E-state index >= 15 is 0 Å². The molecule has 0 aromatic heterocycles. The molecule has 3 atom stereocenters. The van der Waals surface area contributed by atoms with Crippen molar-refractivity contribution in [3.8, 4) is 0 Å². The Morgan fingerprint density at radius 2 is 2.22 bits per heavy atom. The molecule has 1 rings (SSSR count). The van der Waals surface area contributed by atoms with Crippen LogP contribution in [0.5, 0.6) is 0 Å². The largest absolute Gasteiger partial charge is 0.359 e. The van der Waals surface area contributed by atoms with Crippen molar-refractivity contribution in [1.82, 2.24) is 0 Å². The molecule has 0 amide bonds. The van der Waals surface area contributed by atoms with Gasteiger partial charge >= 0.3 is 7.60 Å². The van der Waals surface area contributed by atoms with Crippen molar-refractivity contribution in [2.24, 2.45) is 0 Å². The first kappa shape index (κ1) is 7.22. The van der Waals surface area contributed by atoms with Gasteiger partial charge in [-0.2, -0.15) is 0 Å². The molecule has 0 aromatic rings. The van der Waals surface area contributed by atoms with E-state index in [4.69, 9.17) is 9.63 Å². The lowest BCUT2D eigenvalue weighted by Crippen LogP contribution is -1.93. The summed E-state index contributed by atoms with van der Waals surface area (Å²) in [6, 6.07) is 0. The average molecular weight is 152 g/mol. The summed E-state index contributed by atoms with van der Waals surface area (Å²) in [5, 5.41) is 0. The standard InChI is InChI=1S/C4H9O4P/c1-3-4(8-3)9(5,6)7-2/h3-4H,1-2H3,(H,5,6). The molecule has 0 aromatic carbocycles. The minimum atomic E-state index is -3.41. The number of hydrogen-bond donors (Lipinski definition) is 1. The van der Waals surface area contributed by atoms with Crippen LogP contribution >= 0.6 is 7.60 Å². The summed E-state index contributed by atoms with van der Waals surface area (Å²) in [4.78, 5) is 8.84. The highest BCUT2D eigenvalue weighted by Crippen LogP contribution is 2.56. The van der Waals surface area contributed by atoms with Gasteiger partial charge in [-0.1, -0.05) is 0 Å². The van der Waals surface area contributed by atoms with E-state index in [1.54, 1.807) is 6.92 Å². The number of rotatable bonds is 2. The highest BCUT2D eigenvalue weighted by atomic mass is 31.2. The number of hydrogen-bond acceptors (Lipinski definition) is 3. The van der Waals surface area contributed by atoms with Crippen LogP contribution in [0.4, 0.5) is 0 Å². The van der Waals surface area contributed by atoms with E-state index in [1.807, 2.05) is 0 Å². The molecule has 54 valence electrons. The fourth-order valence-electron chi connectivity index (χ4n) is 0.621. The molecule has 1 fully saturated rings. The predicted molar refractivity (Wildman–Crippen MR) is 31.2 cm³/mol. The van der Waals surface area contributed by atoms with Crippen LogP contribution in [0.2, 0.25) is 0 Å². The summed E-state index contributed by atoms with van der Waals surface area (Å²) in [7, 11) is -2.21. The van der Waals surface area contributed by atoms with E-state index < -0.39 is 13.4 Å². The SMILES string of the molecule is COP(=O)(O)C1OC1C. The lowest BCUT2D eigenvalue weighted by molar-refractivity contribution is 0.291. The molecule has 1 aliphatic rings. The van der Waals surface area contributed by atoms with E-state index in [0.29, 0.717) is 0 Å². The van der Waals surface area contributed by atoms with Gasteiger partial charge in [0.15, 0.2) is 5.85 Å². The normalized spacial score (nSPS) is 39.9. The van der Waals surface area contributed by atoms with Gasteiger partial charge in [0, 0.05) is 7.11 Å². The van der Waals surface area contributed by atoms with Crippen LogP contribution < -0.4 is 0 Å². The van der Waals surface area contributed by atoms with Crippen molar-refractivity contribution in [3.63, 3.8) is 0 Å². The maximum absolute atomic E-state index is 10.8. The third-order valence-electron chi connectivity index (χ3n) is 1.26. The first-order valence-electron chi connectivity index (χ1n) is 2.61. The summed E-state index contributed by atoms with van der Waals surface area (Å²) in [6.45, 7) is 1.73. The molecule has 0 aliphatic carbocycles. The van der Waals surface area contributed by atoms with Crippen molar-refractivity contribution >= 4 is 7.60 Å². The Morgan fingerprint density at radius 1 is 1.78 bits per heavy atom. The molecule has 1 heterocycles. The lowest BCUT2D eigenvalue weighted by atomic mass is 10.6. The van der Waals surface area contributed by atoms with Crippen LogP contribution in [-0.2, 0) is 13.8 Å². The zero-order valence-electron chi connectivity index (χ0n) is 5.27. The topological polar surface area (TPSA) is 59.1 Å². The Balaban J connectivity index is 2.52. The highest BCUT2D eigenvalue weighted by molar-refractivity contribution is 7.53. The third-order valence-corrected chi connectivity index (χ3v) is 2.97. The maximum Gasteiger partial charge on any atom is 0.359 e. The second-order valence-corrected chi connectivity index (χ2v) is 3.98. The minimum absolute atomic E-state index is 0.124. The fraction of sp³-hybridized carbons (Fsp3) is 1.00. The van der Waals surface area contributed by atoms with Gasteiger partial charge in [0.1, 0.15) is 0 Å². The molecule has 1 saturated heterocycles. The van der Waals surface area contributed by atoms with Gasteiger partial charge in [-0.05, 0) is 6.92 Å². The minimum Gasteiger partial charge on any atom is -0.356 e. The molecule has 9 heavy (non-hydrogen) atoms. The van der Waals surface area contributed by atoms with E-state index in [2.05, 4.69) is 4.52 Å². The molecule has 0 saturated carbocycles. The van der Waals surface area contributed by atoms with E-state index in [0.717, 1.165) is 0 Å². The quantitative estimate of drug-likeness (QED) is 0.464. The number of epoxide rings is 1. The van der Waals surface area contributed by atoms with Gasteiger partial charge in [0.25, 0.3) is 0 Å². The molecule has 4 nitrogen and oxygen atoms in total. The smallest absolute Gasteiger partial charge is 0.356 e. The second-order valence-electron chi connectivity index (χ2n) is 1.98. The maximum atomic E-state index is 10.8. The zero-order valence-corrected chi connectivity index (χ0v) is 6.17. The van der Waals surface area contributed by atoms with E-state index in [1.165, 1.54) is 7.11 Å². The zero-order chi connectivity index (χ0) is 7.07. The molecule has 1 N–H and O–H groups in total. The summed E-state index contributed by atoms with van der Waals surface area (Å²) in [6.07, 6.45) is -0.124. The van der Waals surface area contributed by atoms with Crippen molar-refractivity contribution in [1.29, 1.82) is 0 Å². The van der Waals surface area contributed by atoms with Crippen LogP contribution in [0.3, 0.4) is 0 Å². The van der Waals surface area contributed by atoms with Gasteiger partial charge in [-0.25, -0.2) is 0 Å². The Kier molecular flexibility index (Phi) is 1.65. The van der Waals surface area contributed by atoms with Crippen LogP contribution in [0, 0.1) is 0 Å². The summed E-state index contributed by atoms with van der Waals surface area (Å²) in [5.74, 6) is -0.581. The van der Waals surface area contributed by atoms with Gasteiger partial charge in [0.05, 0.1) is 6.10 Å². The molecule has 1 aliphatic heterocycles. The fourth-order valence-corrected chi connectivity index (χ4v) is 1.70. The van der Waals surface area contributed by atoms with Crippen molar-refractivity contribution in [2.45, 2.75) is 18.9 Å². The Morgan fingerprint density at radius 3 is 2.33 bits per heavy atom. The summed E-state index contributed by atoms with van der Waals surface area (Å²) in [5.41, 5.74) is 0.